The average Bonchev–Trinajstić information content (AvgIpc) is 3.09. The minimum Gasteiger partial charge on any atom is -0.369 e. The molecule has 0 radical (unpaired) electrons. The number of nitrogens with zero attached hydrogens (tertiary/aromatic N) is 3. The molecule has 7 nitrogen and oxygen atoms in total. The Hall–Kier alpha value is -2.32. The molecule has 8 heteroatoms. The maximum Gasteiger partial charge on any atom is 0.257 e. The van der Waals surface area contributed by atoms with E-state index in [-0.39, 0.29) is 17.7 Å². The van der Waals surface area contributed by atoms with E-state index < -0.39 is 0 Å². The lowest BCUT2D eigenvalue weighted by atomic mass is 9.97. The van der Waals surface area contributed by atoms with Gasteiger partial charge in [0, 0.05) is 18.7 Å². The molecule has 0 saturated carbocycles. The van der Waals surface area contributed by atoms with Gasteiger partial charge in [-0.05, 0) is 43.5 Å². The van der Waals surface area contributed by atoms with Crippen LogP contribution in [-0.2, 0) is 17.8 Å². The number of aryl methyl sites for hydroxylation is 1. The van der Waals surface area contributed by atoms with Crippen molar-refractivity contribution in [2.45, 2.75) is 32.7 Å². The van der Waals surface area contributed by atoms with Gasteiger partial charge in [0.15, 0.2) is 0 Å². The van der Waals surface area contributed by atoms with Crippen LogP contribution in [0, 0.1) is 5.92 Å². The number of hydrogen-bond donors (Lipinski definition) is 2. The Morgan fingerprint density at radius 2 is 2.23 bits per heavy atom. The summed E-state index contributed by atoms with van der Waals surface area (Å²) in [6, 6.07) is 7.52. The summed E-state index contributed by atoms with van der Waals surface area (Å²) in [5.74, 6) is -0.508. The second-order valence-electron chi connectivity index (χ2n) is 6.49. The summed E-state index contributed by atoms with van der Waals surface area (Å²) in [6.45, 7) is 4.31. The zero-order valence-corrected chi connectivity index (χ0v) is 15.6. The number of amides is 2. The zero-order valence-electron chi connectivity index (χ0n) is 14.8. The zero-order chi connectivity index (χ0) is 18.5. The predicted octanol–water partition coefficient (Wildman–Crippen LogP) is 2.05. The fourth-order valence-electron chi connectivity index (χ4n) is 3.12. The van der Waals surface area contributed by atoms with Crippen LogP contribution in [0.1, 0.15) is 40.7 Å². The number of rotatable bonds is 6. The van der Waals surface area contributed by atoms with E-state index in [9.17, 15) is 9.59 Å². The number of piperidine rings is 1. The van der Waals surface area contributed by atoms with Crippen molar-refractivity contribution in [2.75, 3.05) is 18.4 Å². The first kappa shape index (κ1) is 18.5. The molecule has 138 valence electrons. The number of carbonyl (C=O) groups is 2. The van der Waals surface area contributed by atoms with Gasteiger partial charge in [-0.2, -0.15) is 0 Å². The Balaban J connectivity index is 1.64. The van der Waals surface area contributed by atoms with Crippen LogP contribution in [-0.4, -0.2) is 40.0 Å². The second kappa shape index (κ2) is 8.37. The van der Waals surface area contributed by atoms with Crippen LogP contribution >= 0.6 is 11.3 Å². The Bertz CT molecular complexity index is 791. The maximum atomic E-state index is 12.5. The summed E-state index contributed by atoms with van der Waals surface area (Å²) in [6.07, 6.45) is 2.62. The molecule has 26 heavy (non-hydrogen) atoms. The summed E-state index contributed by atoms with van der Waals surface area (Å²) in [5, 5.41) is 12.2. The molecule has 2 heterocycles. The summed E-state index contributed by atoms with van der Waals surface area (Å²) in [4.78, 5) is 26.1. The Kier molecular flexibility index (Phi) is 5.95. The highest BCUT2D eigenvalue weighted by molar-refractivity contribution is 7.15. The van der Waals surface area contributed by atoms with Gasteiger partial charge in [0.1, 0.15) is 5.01 Å². The van der Waals surface area contributed by atoms with Crippen molar-refractivity contribution in [3.05, 3.63) is 40.4 Å². The average molecular weight is 373 g/mol. The molecule has 1 saturated heterocycles. The lowest BCUT2D eigenvalue weighted by molar-refractivity contribution is -0.123. The Morgan fingerprint density at radius 3 is 2.96 bits per heavy atom. The first-order valence-electron chi connectivity index (χ1n) is 8.79. The predicted molar refractivity (Wildman–Crippen MR) is 101 cm³/mol. The largest absolute Gasteiger partial charge is 0.369 e. The topological polar surface area (TPSA) is 101 Å². The monoisotopic (exact) mass is 373 g/mol. The molecule has 0 aliphatic carbocycles. The van der Waals surface area contributed by atoms with Crippen LogP contribution in [0.3, 0.4) is 0 Å². The van der Waals surface area contributed by atoms with Crippen LogP contribution in [0.2, 0.25) is 0 Å². The molecule has 1 fully saturated rings. The van der Waals surface area contributed by atoms with Crippen molar-refractivity contribution in [3.63, 3.8) is 0 Å². The Morgan fingerprint density at radius 1 is 1.38 bits per heavy atom. The first-order chi connectivity index (χ1) is 12.5. The standard InChI is InChI=1S/C18H23N5O2S/c1-2-15-21-22-18(26-15)20-17(25)13-6-3-5-12(9-13)10-23-8-4-7-14(11-23)16(19)24/h3,5-6,9,14H,2,4,7-8,10-11H2,1H3,(H2,19,24)(H,20,22,25)/t14-/m1/s1. The molecule has 3 N–H and O–H groups in total. The highest BCUT2D eigenvalue weighted by Crippen LogP contribution is 2.20. The normalized spacial score (nSPS) is 17.8. The molecule has 1 aromatic carbocycles. The number of aromatic nitrogens is 2. The fourth-order valence-corrected chi connectivity index (χ4v) is 3.79. The smallest absolute Gasteiger partial charge is 0.257 e. The quantitative estimate of drug-likeness (QED) is 0.807. The molecular weight excluding hydrogens is 350 g/mol. The van der Waals surface area contributed by atoms with E-state index in [1.54, 1.807) is 6.07 Å². The van der Waals surface area contributed by atoms with Gasteiger partial charge in [-0.15, -0.1) is 10.2 Å². The van der Waals surface area contributed by atoms with Crippen LogP contribution in [0.15, 0.2) is 24.3 Å². The van der Waals surface area contributed by atoms with Crippen molar-refractivity contribution >= 4 is 28.3 Å². The molecular formula is C18H23N5O2S. The van der Waals surface area contributed by atoms with Gasteiger partial charge in [-0.1, -0.05) is 30.4 Å². The van der Waals surface area contributed by atoms with Gasteiger partial charge in [0.25, 0.3) is 5.91 Å². The molecule has 2 amide bonds. The van der Waals surface area contributed by atoms with Crippen LogP contribution in [0.4, 0.5) is 5.13 Å². The first-order valence-corrected chi connectivity index (χ1v) is 9.61. The van der Waals surface area contributed by atoms with E-state index in [4.69, 9.17) is 5.73 Å². The van der Waals surface area contributed by atoms with Gasteiger partial charge in [-0.3, -0.25) is 19.8 Å². The number of carbonyl (C=O) groups excluding carboxylic acids is 2. The Labute approximate surface area is 156 Å². The molecule has 2 aromatic rings. The van der Waals surface area contributed by atoms with Crippen molar-refractivity contribution < 1.29 is 9.59 Å². The van der Waals surface area contributed by atoms with Crippen molar-refractivity contribution in [1.29, 1.82) is 0 Å². The number of primary amides is 1. The van der Waals surface area contributed by atoms with Crippen molar-refractivity contribution in [3.8, 4) is 0 Å². The molecule has 0 unspecified atom stereocenters. The summed E-state index contributed by atoms with van der Waals surface area (Å²) < 4.78 is 0. The third-order valence-corrected chi connectivity index (χ3v) is 5.48. The molecule has 0 bridgehead atoms. The molecule has 0 spiro atoms. The van der Waals surface area contributed by atoms with Gasteiger partial charge < -0.3 is 5.73 Å². The van der Waals surface area contributed by atoms with Crippen molar-refractivity contribution in [2.24, 2.45) is 11.7 Å². The summed E-state index contributed by atoms with van der Waals surface area (Å²) in [5.41, 5.74) is 7.06. The molecule has 1 aromatic heterocycles. The lowest BCUT2D eigenvalue weighted by Crippen LogP contribution is -2.40. The van der Waals surface area contributed by atoms with Crippen LogP contribution < -0.4 is 11.1 Å². The van der Waals surface area contributed by atoms with E-state index in [1.165, 1.54) is 11.3 Å². The van der Waals surface area contributed by atoms with Crippen molar-refractivity contribution in [1.82, 2.24) is 15.1 Å². The van der Waals surface area contributed by atoms with E-state index in [2.05, 4.69) is 20.4 Å². The number of likely N-dealkylation sites (tertiary alicyclic amines) is 1. The SMILES string of the molecule is CCc1nnc(NC(=O)c2cccc(CN3CCC[C@@H](C(N)=O)C3)c2)s1. The minimum atomic E-state index is -0.230. The lowest BCUT2D eigenvalue weighted by Gasteiger charge is -2.31. The van der Waals surface area contributed by atoms with Gasteiger partial charge in [-0.25, -0.2) is 0 Å². The van der Waals surface area contributed by atoms with E-state index in [0.717, 1.165) is 36.4 Å². The number of hydrogen-bond acceptors (Lipinski definition) is 6. The second-order valence-corrected chi connectivity index (χ2v) is 7.55. The third-order valence-electron chi connectivity index (χ3n) is 4.49. The molecule has 1 atom stereocenters. The fraction of sp³-hybridized carbons (Fsp3) is 0.444. The minimum absolute atomic E-state index is 0.0830. The maximum absolute atomic E-state index is 12.5. The number of anilines is 1. The van der Waals surface area contributed by atoms with Gasteiger partial charge >= 0.3 is 0 Å². The van der Waals surface area contributed by atoms with Gasteiger partial charge in [0.2, 0.25) is 11.0 Å². The number of nitrogens with two attached hydrogens (primary N) is 1. The van der Waals surface area contributed by atoms with Crippen LogP contribution in [0.25, 0.3) is 0 Å². The van der Waals surface area contributed by atoms with Crippen LogP contribution in [0.5, 0.6) is 0 Å². The molecule has 3 rings (SSSR count). The van der Waals surface area contributed by atoms with E-state index >= 15 is 0 Å². The summed E-state index contributed by atoms with van der Waals surface area (Å²) >= 11 is 1.39. The highest BCUT2D eigenvalue weighted by Gasteiger charge is 2.24. The third kappa shape index (κ3) is 4.64. The number of benzene rings is 1. The highest BCUT2D eigenvalue weighted by atomic mass is 32.1. The summed E-state index contributed by atoms with van der Waals surface area (Å²) in [7, 11) is 0. The van der Waals surface area contributed by atoms with Gasteiger partial charge in [0.05, 0.1) is 5.92 Å². The van der Waals surface area contributed by atoms with E-state index in [0.29, 0.717) is 23.8 Å². The number of nitrogens with one attached hydrogen (secondary N) is 1. The molecule has 1 aliphatic heterocycles. The van der Waals surface area contributed by atoms with E-state index in [1.807, 2.05) is 25.1 Å². The molecule has 1 aliphatic rings.